The molecule has 15 heavy (non-hydrogen) atoms. The van der Waals surface area contributed by atoms with E-state index in [1.165, 1.54) is 19.2 Å². The van der Waals surface area contributed by atoms with E-state index in [2.05, 4.69) is 5.32 Å². The highest BCUT2D eigenvalue weighted by Crippen LogP contribution is 2.26. The second kappa shape index (κ2) is 4.45. The Hall–Kier alpha value is -2.04. The smallest absolute Gasteiger partial charge is 0.339 e. The van der Waals surface area contributed by atoms with Crippen molar-refractivity contribution < 1.29 is 19.4 Å². The maximum Gasteiger partial charge on any atom is 0.339 e. The van der Waals surface area contributed by atoms with Crippen molar-refractivity contribution in [2.45, 2.75) is 0 Å². The molecule has 0 unspecified atom stereocenters. The largest absolute Gasteiger partial charge is 0.496 e. The summed E-state index contributed by atoms with van der Waals surface area (Å²) in [6, 6.07) is 2.76. The summed E-state index contributed by atoms with van der Waals surface area (Å²) in [5.74, 6) is -0.907. The van der Waals surface area contributed by atoms with Crippen LogP contribution in [0.5, 0.6) is 5.75 Å². The average Bonchev–Trinajstić information content (AvgIpc) is 2.26. The Bertz CT molecular complexity index is 401. The molecule has 2 N–H and O–H groups in total. The van der Waals surface area contributed by atoms with Crippen LogP contribution in [0.2, 0.25) is 0 Å². The number of carbonyl (C=O) groups is 2. The number of hydrogen-bond acceptors (Lipinski definition) is 4. The van der Waals surface area contributed by atoms with Gasteiger partial charge in [0.05, 0.1) is 7.11 Å². The molecular weight excluding hydrogens is 198 g/mol. The Kier molecular flexibility index (Phi) is 3.28. The molecule has 0 atom stereocenters. The first-order valence-corrected chi connectivity index (χ1v) is 4.22. The van der Waals surface area contributed by atoms with Crippen LogP contribution in [0.4, 0.5) is 5.69 Å². The molecule has 0 aliphatic carbocycles. The predicted molar refractivity (Wildman–Crippen MR) is 54.9 cm³/mol. The summed E-state index contributed by atoms with van der Waals surface area (Å²) in [4.78, 5) is 21.5. The molecule has 5 heteroatoms. The molecule has 0 saturated carbocycles. The van der Waals surface area contributed by atoms with Crippen LogP contribution < -0.4 is 10.1 Å². The van der Waals surface area contributed by atoms with Crippen molar-refractivity contribution in [2.24, 2.45) is 0 Å². The molecule has 0 radical (unpaired) electrons. The van der Waals surface area contributed by atoms with Crippen molar-refractivity contribution in [3.63, 3.8) is 0 Å². The highest BCUT2D eigenvalue weighted by atomic mass is 16.5. The maximum absolute atomic E-state index is 10.8. The third kappa shape index (κ3) is 2.07. The molecular formula is C10H11NO4. The Balaban J connectivity index is 3.40. The van der Waals surface area contributed by atoms with Crippen molar-refractivity contribution >= 4 is 17.9 Å². The van der Waals surface area contributed by atoms with E-state index in [-0.39, 0.29) is 16.9 Å². The molecule has 0 fully saturated rings. The minimum Gasteiger partial charge on any atom is -0.496 e. The number of carbonyl (C=O) groups excluding carboxylic acids is 1. The molecule has 0 saturated heterocycles. The first-order valence-electron chi connectivity index (χ1n) is 4.22. The summed E-state index contributed by atoms with van der Waals surface area (Å²) < 4.78 is 4.91. The SMILES string of the molecule is CNc1cc(OC)c(C(=O)O)cc1C=O. The van der Waals surface area contributed by atoms with E-state index in [1.807, 2.05) is 0 Å². The standard InChI is InChI=1S/C10H11NO4/c1-11-8-4-9(15-2)7(10(13)14)3-6(8)5-12/h3-5,11H,1-2H3,(H,13,14). The third-order valence-electron chi connectivity index (χ3n) is 2.00. The maximum atomic E-state index is 10.8. The Labute approximate surface area is 86.7 Å². The van der Waals surface area contributed by atoms with Gasteiger partial charge in [-0.25, -0.2) is 4.79 Å². The number of methoxy groups -OCH3 is 1. The van der Waals surface area contributed by atoms with Crippen LogP contribution in [-0.4, -0.2) is 31.5 Å². The van der Waals surface area contributed by atoms with Crippen molar-refractivity contribution in [3.05, 3.63) is 23.3 Å². The quantitative estimate of drug-likeness (QED) is 0.730. The van der Waals surface area contributed by atoms with E-state index in [9.17, 15) is 9.59 Å². The van der Waals surface area contributed by atoms with Gasteiger partial charge in [-0.15, -0.1) is 0 Å². The number of carboxylic acids is 1. The molecule has 0 bridgehead atoms. The van der Waals surface area contributed by atoms with Crippen LogP contribution in [0.25, 0.3) is 0 Å². The molecule has 0 aromatic heterocycles. The zero-order chi connectivity index (χ0) is 11.4. The summed E-state index contributed by atoms with van der Waals surface area (Å²) in [5, 5.41) is 11.6. The number of hydrogen-bond donors (Lipinski definition) is 2. The van der Waals surface area contributed by atoms with Gasteiger partial charge in [-0.1, -0.05) is 0 Å². The predicted octanol–water partition coefficient (Wildman–Crippen LogP) is 1.25. The summed E-state index contributed by atoms with van der Waals surface area (Å²) in [7, 11) is 3.02. The van der Waals surface area contributed by atoms with Crippen LogP contribution in [0, 0.1) is 0 Å². The van der Waals surface area contributed by atoms with Crippen LogP contribution in [-0.2, 0) is 0 Å². The zero-order valence-corrected chi connectivity index (χ0v) is 8.40. The fourth-order valence-electron chi connectivity index (χ4n) is 1.25. The minimum atomic E-state index is -1.13. The number of aromatic carboxylic acids is 1. The van der Waals surface area contributed by atoms with E-state index in [0.29, 0.717) is 12.0 Å². The number of aldehydes is 1. The first kappa shape index (κ1) is 11.0. The van der Waals surface area contributed by atoms with Crippen LogP contribution in [0.3, 0.4) is 0 Å². The van der Waals surface area contributed by atoms with E-state index in [4.69, 9.17) is 9.84 Å². The second-order valence-corrected chi connectivity index (χ2v) is 2.81. The topological polar surface area (TPSA) is 75.6 Å². The van der Waals surface area contributed by atoms with Gasteiger partial charge in [0.1, 0.15) is 11.3 Å². The summed E-state index contributed by atoms with van der Waals surface area (Å²) in [6.07, 6.45) is 0.595. The number of carboxylic acid groups (broad SMARTS) is 1. The highest BCUT2D eigenvalue weighted by Gasteiger charge is 2.14. The Morgan fingerprint density at radius 1 is 1.53 bits per heavy atom. The number of benzene rings is 1. The molecule has 0 aliphatic heterocycles. The zero-order valence-electron chi connectivity index (χ0n) is 8.40. The van der Waals surface area contributed by atoms with E-state index < -0.39 is 5.97 Å². The Morgan fingerprint density at radius 3 is 2.60 bits per heavy atom. The number of nitrogens with one attached hydrogen (secondary N) is 1. The first-order chi connectivity index (χ1) is 7.13. The Morgan fingerprint density at radius 2 is 2.20 bits per heavy atom. The average molecular weight is 209 g/mol. The second-order valence-electron chi connectivity index (χ2n) is 2.81. The van der Waals surface area contributed by atoms with Gasteiger partial charge in [0.25, 0.3) is 0 Å². The normalized spacial score (nSPS) is 9.47. The lowest BCUT2D eigenvalue weighted by Gasteiger charge is -2.09. The molecule has 1 aromatic rings. The number of anilines is 1. The van der Waals surface area contributed by atoms with Crippen molar-refractivity contribution in [2.75, 3.05) is 19.5 Å². The monoisotopic (exact) mass is 209 g/mol. The minimum absolute atomic E-state index is 0.0291. The molecule has 0 heterocycles. The molecule has 0 aliphatic rings. The van der Waals surface area contributed by atoms with Crippen molar-refractivity contribution in [3.8, 4) is 5.75 Å². The highest BCUT2D eigenvalue weighted by molar-refractivity contribution is 5.96. The molecule has 0 spiro atoms. The van der Waals surface area contributed by atoms with Crippen LogP contribution >= 0.6 is 0 Å². The van der Waals surface area contributed by atoms with Crippen LogP contribution in [0.15, 0.2) is 12.1 Å². The number of rotatable bonds is 4. The van der Waals surface area contributed by atoms with Gasteiger partial charge in [-0.2, -0.15) is 0 Å². The molecule has 1 aromatic carbocycles. The molecule has 5 nitrogen and oxygen atoms in total. The third-order valence-corrected chi connectivity index (χ3v) is 2.00. The molecule has 1 rings (SSSR count). The molecule has 0 amide bonds. The number of ether oxygens (including phenoxy) is 1. The van der Waals surface area contributed by atoms with E-state index in [0.717, 1.165) is 0 Å². The van der Waals surface area contributed by atoms with E-state index >= 15 is 0 Å². The lowest BCUT2D eigenvalue weighted by molar-refractivity contribution is 0.0693. The summed E-state index contributed by atoms with van der Waals surface area (Å²) in [5.41, 5.74) is 0.793. The van der Waals surface area contributed by atoms with Gasteiger partial charge in [0.15, 0.2) is 6.29 Å². The fourth-order valence-corrected chi connectivity index (χ4v) is 1.25. The van der Waals surface area contributed by atoms with Gasteiger partial charge in [-0.05, 0) is 6.07 Å². The summed E-state index contributed by atoms with van der Waals surface area (Å²) in [6.45, 7) is 0. The van der Waals surface area contributed by atoms with Gasteiger partial charge < -0.3 is 15.2 Å². The van der Waals surface area contributed by atoms with Gasteiger partial charge in [0.2, 0.25) is 0 Å². The van der Waals surface area contributed by atoms with Gasteiger partial charge in [-0.3, -0.25) is 4.79 Å². The van der Waals surface area contributed by atoms with Gasteiger partial charge in [0, 0.05) is 24.4 Å². The van der Waals surface area contributed by atoms with Gasteiger partial charge >= 0.3 is 5.97 Å². The van der Waals surface area contributed by atoms with Crippen LogP contribution in [0.1, 0.15) is 20.7 Å². The van der Waals surface area contributed by atoms with Crippen molar-refractivity contribution in [1.82, 2.24) is 0 Å². The lowest BCUT2D eigenvalue weighted by atomic mass is 10.1. The van der Waals surface area contributed by atoms with Crippen molar-refractivity contribution in [1.29, 1.82) is 0 Å². The lowest BCUT2D eigenvalue weighted by Crippen LogP contribution is -2.04. The fraction of sp³-hybridized carbons (Fsp3) is 0.200. The van der Waals surface area contributed by atoms with E-state index in [1.54, 1.807) is 7.05 Å². The summed E-state index contributed by atoms with van der Waals surface area (Å²) >= 11 is 0. The molecule has 80 valence electrons.